The van der Waals surface area contributed by atoms with Gasteiger partial charge in [0.15, 0.2) is 0 Å². The van der Waals surface area contributed by atoms with E-state index in [0.29, 0.717) is 0 Å². The second-order valence-corrected chi connectivity index (χ2v) is 3.32. The Labute approximate surface area is 81.5 Å². The van der Waals surface area contributed by atoms with Gasteiger partial charge in [0.1, 0.15) is 5.82 Å². The van der Waals surface area contributed by atoms with E-state index in [1.54, 1.807) is 0 Å². The summed E-state index contributed by atoms with van der Waals surface area (Å²) in [6, 6.07) is 2.95. The van der Waals surface area contributed by atoms with Crippen LogP contribution in [0.3, 0.4) is 0 Å². The standard InChI is InChI=1S/C9H11N3O2/c13-12(14)8-3-4-10-9(7-8)11-5-1-2-6-11/h3-4,7H,1-2,5-6H2. The summed E-state index contributed by atoms with van der Waals surface area (Å²) in [5.74, 6) is 0.719. The molecule has 0 aliphatic carbocycles. The Kier molecular flexibility index (Phi) is 2.30. The number of anilines is 1. The van der Waals surface area contributed by atoms with E-state index >= 15 is 0 Å². The molecule has 0 aromatic carbocycles. The summed E-state index contributed by atoms with van der Waals surface area (Å²) in [5.41, 5.74) is 0.113. The molecule has 1 aromatic rings. The molecule has 1 aromatic heterocycles. The molecule has 5 nitrogen and oxygen atoms in total. The number of hydrogen-bond acceptors (Lipinski definition) is 4. The van der Waals surface area contributed by atoms with Crippen molar-refractivity contribution in [2.45, 2.75) is 12.8 Å². The maximum Gasteiger partial charge on any atom is 0.274 e. The zero-order valence-corrected chi connectivity index (χ0v) is 7.72. The Morgan fingerprint density at radius 3 is 2.79 bits per heavy atom. The highest BCUT2D eigenvalue weighted by Crippen LogP contribution is 2.21. The van der Waals surface area contributed by atoms with Gasteiger partial charge in [0, 0.05) is 25.4 Å². The average Bonchev–Trinajstić information content (AvgIpc) is 2.71. The monoisotopic (exact) mass is 193 g/mol. The van der Waals surface area contributed by atoms with E-state index in [4.69, 9.17) is 0 Å². The minimum atomic E-state index is -0.388. The number of aromatic nitrogens is 1. The van der Waals surface area contributed by atoms with Gasteiger partial charge in [-0.1, -0.05) is 0 Å². The van der Waals surface area contributed by atoms with Crippen LogP contribution in [-0.2, 0) is 0 Å². The fraction of sp³-hybridized carbons (Fsp3) is 0.444. The van der Waals surface area contributed by atoms with Gasteiger partial charge in [-0.2, -0.15) is 0 Å². The molecule has 0 unspecified atom stereocenters. The highest BCUT2D eigenvalue weighted by Gasteiger charge is 2.15. The van der Waals surface area contributed by atoms with Crippen LogP contribution in [-0.4, -0.2) is 23.0 Å². The van der Waals surface area contributed by atoms with Crippen LogP contribution >= 0.6 is 0 Å². The van der Waals surface area contributed by atoms with Crippen molar-refractivity contribution in [2.75, 3.05) is 18.0 Å². The maximum atomic E-state index is 10.5. The van der Waals surface area contributed by atoms with Gasteiger partial charge in [0.05, 0.1) is 11.0 Å². The van der Waals surface area contributed by atoms with Crippen molar-refractivity contribution >= 4 is 11.5 Å². The molecule has 1 saturated heterocycles. The van der Waals surface area contributed by atoms with Crippen molar-refractivity contribution in [3.05, 3.63) is 28.4 Å². The van der Waals surface area contributed by atoms with Crippen molar-refractivity contribution in [3.8, 4) is 0 Å². The predicted molar refractivity (Wildman–Crippen MR) is 52.3 cm³/mol. The molecule has 2 rings (SSSR count). The first-order chi connectivity index (χ1) is 6.77. The van der Waals surface area contributed by atoms with E-state index in [1.165, 1.54) is 18.3 Å². The smallest absolute Gasteiger partial charge is 0.274 e. The zero-order chi connectivity index (χ0) is 9.97. The Bertz CT molecular complexity index is 348. The summed E-state index contributed by atoms with van der Waals surface area (Å²) in [7, 11) is 0. The summed E-state index contributed by atoms with van der Waals surface area (Å²) in [5, 5.41) is 10.5. The highest BCUT2D eigenvalue weighted by molar-refractivity contribution is 5.47. The van der Waals surface area contributed by atoms with E-state index < -0.39 is 0 Å². The molecular formula is C9H11N3O2. The lowest BCUT2D eigenvalue weighted by Crippen LogP contribution is -2.18. The van der Waals surface area contributed by atoms with E-state index in [2.05, 4.69) is 9.88 Å². The van der Waals surface area contributed by atoms with Gasteiger partial charge in [-0.3, -0.25) is 10.1 Å². The fourth-order valence-corrected chi connectivity index (χ4v) is 1.64. The van der Waals surface area contributed by atoms with Crippen molar-refractivity contribution in [1.82, 2.24) is 4.98 Å². The van der Waals surface area contributed by atoms with Crippen LogP contribution in [0.4, 0.5) is 11.5 Å². The van der Waals surface area contributed by atoms with Crippen LogP contribution in [0.5, 0.6) is 0 Å². The van der Waals surface area contributed by atoms with E-state index in [9.17, 15) is 10.1 Å². The second kappa shape index (κ2) is 3.61. The van der Waals surface area contributed by atoms with Crippen molar-refractivity contribution in [3.63, 3.8) is 0 Å². The van der Waals surface area contributed by atoms with Crippen LogP contribution in [0.1, 0.15) is 12.8 Å². The lowest BCUT2D eigenvalue weighted by molar-refractivity contribution is -0.384. The van der Waals surface area contributed by atoms with E-state index in [1.807, 2.05) is 0 Å². The molecule has 1 aliphatic rings. The van der Waals surface area contributed by atoms with Gasteiger partial charge < -0.3 is 4.90 Å². The van der Waals surface area contributed by atoms with Crippen LogP contribution in [0.2, 0.25) is 0 Å². The molecule has 2 heterocycles. The molecule has 0 bridgehead atoms. The third-order valence-corrected chi connectivity index (χ3v) is 2.37. The first-order valence-corrected chi connectivity index (χ1v) is 4.63. The van der Waals surface area contributed by atoms with E-state index in [0.717, 1.165) is 31.7 Å². The zero-order valence-electron chi connectivity index (χ0n) is 7.72. The summed E-state index contributed by atoms with van der Waals surface area (Å²) in [6.45, 7) is 1.91. The van der Waals surface area contributed by atoms with Gasteiger partial charge in [0.25, 0.3) is 5.69 Å². The van der Waals surface area contributed by atoms with Crippen molar-refractivity contribution < 1.29 is 4.92 Å². The van der Waals surface area contributed by atoms with Crippen molar-refractivity contribution in [2.24, 2.45) is 0 Å². The first kappa shape index (κ1) is 8.93. The van der Waals surface area contributed by atoms with E-state index in [-0.39, 0.29) is 10.6 Å². The van der Waals surface area contributed by atoms with Gasteiger partial charge in [-0.15, -0.1) is 0 Å². The van der Waals surface area contributed by atoms with Gasteiger partial charge in [-0.25, -0.2) is 4.98 Å². The topological polar surface area (TPSA) is 59.3 Å². The normalized spacial score (nSPS) is 15.9. The molecule has 0 spiro atoms. The average molecular weight is 193 g/mol. The number of nitro groups is 1. The van der Waals surface area contributed by atoms with Crippen LogP contribution < -0.4 is 4.90 Å². The van der Waals surface area contributed by atoms with Gasteiger partial charge >= 0.3 is 0 Å². The number of pyridine rings is 1. The number of nitrogens with zero attached hydrogens (tertiary/aromatic N) is 3. The molecule has 0 saturated carbocycles. The summed E-state index contributed by atoms with van der Waals surface area (Å²) >= 11 is 0. The maximum absolute atomic E-state index is 10.5. The highest BCUT2D eigenvalue weighted by atomic mass is 16.6. The lowest BCUT2D eigenvalue weighted by atomic mass is 10.4. The predicted octanol–water partition coefficient (Wildman–Crippen LogP) is 1.59. The Morgan fingerprint density at radius 2 is 2.14 bits per heavy atom. The fourth-order valence-electron chi connectivity index (χ4n) is 1.64. The second-order valence-electron chi connectivity index (χ2n) is 3.32. The largest absolute Gasteiger partial charge is 0.356 e. The third kappa shape index (κ3) is 1.66. The molecule has 74 valence electrons. The van der Waals surface area contributed by atoms with Crippen LogP contribution in [0, 0.1) is 10.1 Å². The number of hydrogen-bond donors (Lipinski definition) is 0. The quantitative estimate of drug-likeness (QED) is 0.528. The molecule has 1 fully saturated rings. The first-order valence-electron chi connectivity index (χ1n) is 4.63. The third-order valence-electron chi connectivity index (χ3n) is 2.37. The van der Waals surface area contributed by atoms with Gasteiger partial charge in [-0.05, 0) is 12.8 Å². The molecule has 5 heteroatoms. The van der Waals surface area contributed by atoms with Crippen molar-refractivity contribution in [1.29, 1.82) is 0 Å². The minimum Gasteiger partial charge on any atom is -0.356 e. The summed E-state index contributed by atoms with van der Waals surface area (Å²) in [4.78, 5) is 16.3. The Balaban J connectivity index is 2.25. The molecule has 14 heavy (non-hydrogen) atoms. The molecule has 0 atom stereocenters. The summed E-state index contributed by atoms with van der Waals surface area (Å²) < 4.78 is 0. The molecular weight excluding hydrogens is 182 g/mol. The molecule has 0 amide bonds. The number of rotatable bonds is 2. The Morgan fingerprint density at radius 1 is 1.43 bits per heavy atom. The van der Waals surface area contributed by atoms with Crippen LogP contribution in [0.25, 0.3) is 0 Å². The molecule has 0 radical (unpaired) electrons. The SMILES string of the molecule is O=[N+]([O-])c1ccnc(N2CCCC2)c1. The lowest BCUT2D eigenvalue weighted by Gasteiger charge is -2.15. The molecule has 1 aliphatic heterocycles. The van der Waals surface area contributed by atoms with Crippen LogP contribution in [0.15, 0.2) is 18.3 Å². The molecule has 0 N–H and O–H groups in total. The Hall–Kier alpha value is -1.65. The minimum absolute atomic E-state index is 0.113. The van der Waals surface area contributed by atoms with Gasteiger partial charge in [0.2, 0.25) is 0 Å². The summed E-state index contributed by atoms with van der Waals surface area (Å²) in [6.07, 6.45) is 3.78.